The molecule has 4 aliphatic rings. The molecule has 0 unspecified atom stereocenters. The predicted molar refractivity (Wildman–Crippen MR) is 67.8 cm³/mol. The highest BCUT2D eigenvalue weighted by molar-refractivity contribution is 5.96. The van der Waals surface area contributed by atoms with Gasteiger partial charge in [0, 0.05) is 17.8 Å². The van der Waals surface area contributed by atoms with Crippen molar-refractivity contribution in [3.05, 3.63) is 11.6 Å². The molecule has 2 fully saturated rings. The fourth-order valence-corrected chi connectivity index (χ4v) is 4.97. The van der Waals surface area contributed by atoms with E-state index in [1.54, 1.807) is 6.08 Å². The zero-order chi connectivity index (χ0) is 13.5. The van der Waals surface area contributed by atoms with Crippen molar-refractivity contribution in [3.63, 3.8) is 0 Å². The number of hydrogen-bond donors (Lipinski definition) is 2. The number of aliphatic hydroxyl groups is 2. The van der Waals surface area contributed by atoms with Crippen molar-refractivity contribution >= 4 is 5.78 Å². The number of rotatable bonds is 0. The summed E-state index contributed by atoms with van der Waals surface area (Å²) >= 11 is 0. The molecule has 2 saturated carbocycles. The second-order valence-corrected chi connectivity index (χ2v) is 7.23. The van der Waals surface area contributed by atoms with Crippen molar-refractivity contribution < 1.29 is 15.0 Å². The lowest BCUT2D eigenvalue weighted by atomic mass is 9.37. The van der Waals surface area contributed by atoms with Crippen LogP contribution in [-0.2, 0) is 4.79 Å². The van der Waals surface area contributed by atoms with Crippen molar-refractivity contribution in [1.29, 1.82) is 0 Å². The van der Waals surface area contributed by atoms with Gasteiger partial charge in [0.15, 0.2) is 5.78 Å². The molecule has 4 bridgehead atoms. The molecule has 2 N–H and O–H groups in total. The third kappa shape index (κ3) is 1.11. The molecule has 0 amide bonds. The Morgan fingerprint density at radius 2 is 1.78 bits per heavy atom. The molecule has 0 radical (unpaired) electrons. The summed E-state index contributed by atoms with van der Waals surface area (Å²) in [6, 6.07) is 0. The minimum absolute atomic E-state index is 0.117. The van der Waals surface area contributed by atoms with Gasteiger partial charge in [-0.3, -0.25) is 4.79 Å². The van der Waals surface area contributed by atoms with Gasteiger partial charge in [0.25, 0.3) is 0 Å². The number of carbonyl (C=O) groups is 1. The Hall–Kier alpha value is -0.670. The van der Waals surface area contributed by atoms with Gasteiger partial charge in [0.1, 0.15) is 0 Å². The maximum Gasteiger partial charge on any atom is 0.159 e. The maximum absolute atomic E-state index is 12.3. The van der Waals surface area contributed by atoms with Gasteiger partial charge in [-0.25, -0.2) is 0 Å². The zero-order valence-corrected chi connectivity index (χ0v) is 11.5. The Morgan fingerprint density at radius 3 is 2.33 bits per heavy atom. The molecule has 0 aromatic rings. The third-order valence-corrected chi connectivity index (χ3v) is 6.11. The van der Waals surface area contributed by atoms with Gasteiger partial charge in [0.2, 0.25) is 0 Å². The van der Waals surface area contributed by atoms with E-state index in [1.807, 2.05) is 27.7 Å². The number of hydrogen-bond acceptors (Lipinski definition) is 3. The summed E-state index contributed by atoms with van der Waals surface area (Å²) in [5, 5.41) is 20.8. The molecule has 0 heterocycles. The standard InChI is InChI=1S/C15H22O3/c1-7-5-8(16)12-13-11(7)15(12,4)10(18)6-9(17)14(13,2)3/h5,9-13,17-18H,6H2,1-4H3/t9-,10-,11-,12+,13+,15-/m1/s1. The average molecular weight is 250 g/mol. The second kappa shape index (κ2) is 3.26. The molecule has 18 heavy (non-hydrogen) atoms. The summed E-state index contributed by atoms with van der Waals surface area (Å²) in [5.41, 5.74) is 0.406. The monoisotopic (exact) mass is 250 g/mol. The highest BCUT2D eigenvalue weighted by atomic mass is 16.3. The van der Waals surface area contributed by atoms with E-state index in [0.29, 0.717) is 6.42 Å². The van der Waals surface area contributed by atoms with E-state index >= 15 is 0 Å². The van der Waals surface area contributed by atoms with E-state index < -0.39 is 12.2 Å². The van der Waals surface area contributed by atoms with Gasteiger partial charge in [-0.05, 0) is 30.3 Å². The molecule has 0 aliphatic heterocycles. The Balaban J connectivity index is 2.18. The van der Waals surface area contributed by atoms with Crippen LogP contribution in [0.1, 0.15) is 34.1 Å². The molecule has 100 valence electrons. The predicted octanol–water partition coefficient (Wildman–Crippen LogP) is 1.54. The Bertz CT molecular complexity index is 451. The van der Waals surface area contributed by atoms with Gasteiger partial charge in [-0.2, -0.15) is 0 Å². The largest absolute Gasteiger partial charge is 0.392 e. The normalized spacial score (nSPS) is 53.3. The molecule has 3 heteroatoms. The van der Waals surface area contributed by atoms with Gasteiger partial charge < -0.3 is 10.2 Å². The van der Waals surface area contributed by atoms with Crippen LogP contribution in [0.4, 0.5) is 0 Å². The molecule has 4 rings (SSSR count). The minimum atomic E-state index is -0.590. The first-order chi connectivity index (χ1) is 8.22. The molecular weight excluding hydrogens is 228 g/mol. The van der Waals surface area contributed by atoms with Gasteiger partial charge >= 0.3 is 0 Å². The van der Waals surface area contributed by atoms with E-state index in [2.05, 4.69) is 0 Å². The van der Waals surface area contributed by atoms with Crippen LogP contribution >= 0.6 is 0 Å². The van der Waals surface area contributed by atoms with Crippen LogP contribution in [0.25, 0.3) is 0 Å². The van der Waals surface area contributed by atoms with Crippen LogP contribution in [0, 0.1) is 28.6 Å². The van der Waals surface area contributed by atoms with Crippen LogP contribution in [-0.4, -0.2) is 28.2 Å². The van der Waals surface area contributed by atoms with Crippen molar-refractivity contribution in [2.75, 3.05) is 0 Å². The van der Waals surface area contributed by atoms with Gasteiger partial charge in [-0.15, -0.1) is 0 Å². The van der Waals surface area contributed by atoms with Crippen LogP contribution in [0.15, 0.2) is 11.6 Å². The smallest absolute Gasteiger partial charge is 0.159 e. The van der Waals surface area contributed by atoms with E-state index in [1.165, 1.54) is 0 Å². The first-order valence-corrected chi connectivity index (χ1v) is 6.80. The fourth-order valence-electron chi connectivity index (χ4n) is 4.97. The first kappa shape index (κ1) is 12.4. The van der Waals surface area contributed by atoms with Gasteiger partial charge in [0.05, 0.1) is 12.2 Å². The zero-order valence-electron chi connectivity index (χ0n) is 11.5. The summed E-state index contributed by atoms with van der Waals surface area (Å²) < 4.78 is 0. The second-order valence-electron chi connectivity index (χ2n) is 7.23. The third-order valence-electron chi connectivity index (χ3n) is 6.11. The summed E-state index contributed by atoms with van der Waals surface area (Å²) in [6.07, 6.45) is 1.00. The molecule has 0 spiro atoms. The molecule has 0 saturated heterocycles. The van der Waals surface area contributed by atoms with Gasteiger partial charge in [-0.1, -0.05) is 26.3 Å². The Kier molecular flexibility index (Phi) is 2.24. The number of ketones is 1. The number of allylic oxidation sites excluding steroid dienone is 2. The minimum Gasteiger partial charge on any atom is -0.392 e. The number of fused-ring (bicyclic) bond motifs is 1. The topological polar surface area (TPSA) is 57.5 Å². The quantitative estimate of drug-likeness (QED) is 0.685. The van der Waals surface area contributed by atoms with Crippen LogP contribution in [0.2, 0.25) is 0 Å². The Morgan fingerprint density at radius 1 is 1.17 bits per heavy atom. The summed E-state index contributed by atoms with van der Waals surface area (Å²) in [4.78, 5) is 12.3. The summed E-state index contributed by atoms with van der Waals surface area (Å²) in [6.45, 7) is 8.08. The molecule has 3 nitrogen and oxygen atoms in total. The van der Waals surface area contributed by atoms with Crippen molar-refractivity contribution in [3.8, 4) is 0 Å². The van der Waals surface area contributed by atoms with Crippen molar-refractivity contribution in [2.45, 2.75) is 46.3 Å². The number of aliphatic hydroxyl groups excluding tert-OH is 2. The van der Waals surface area contributed by atoms with Crippen molar-refractivity contribution in [2.24, 2.45) is 28.6 Å². The van der Waals surface area contributed by atoms with E-state index in [9.17, 15) is 15.0 Å². The van der Waals surface area contributed by atoms with Crippen LogP contribution in [0.5, 0.6) is 0 Å². The Labute approximate surface area is 108 Å². The van der Waals surface area contributed by atoms with E-state index in [0.717, 1.165) is 5.57 Å². The fraction of sp³-hybridized carbons (Fsp3) is 0.800. The van der Waals surface area contributed by atoms with Crippen molar-refractivity contribution in [1.82, 2.24) is 0 Å². The summed E-state index contributed by atoms with van der Waals surface area (Å²) in [7, 11) is 0. The highest BCUT2D eigenvalue weighted by Gasteiger charge is 2.72. The molecule has 4 aliphatic carbocycles. The molecule has 0 aromatic carbocycles. The average Bonchev–Trinajstić information content (AvgIpc) is 2.31. The lowest BCUT2D eigenvalue weighted by molar-refractivity contribution is -0.190. The molecule has 6 atom stereocenters. The van der Waals surface area contributed by atoms with Crippen LogP contribution < -0.4 is 0 Å². The first-order valence-electron chi connectivity index (χ1n) is 6.80. The highest BCUT2D eigenvalue weighted by Crippen LogP contribution is 2.71. The van der Waals surface area contributed by atoms with E-state index in [-0.39, 0.29) is 34.4 Å². The SMILES string of the molecule is CC1=CC(=O)[C@H]2[C@@H]3[C@@H]1[C@@]2(C)[C@H](O)C[C@@H](O)C3(C)C. The lowest BCUT2D eigenvalue weighted by Crippen LogP contribution is -2.67. The maximum atomic E-state index is 12.3. The molecular formula is C15H22O3. The van der Waals surface area contributed by atoms with Crippen LogP contribution in [0.3, 0.4) is 0 Å². The summed E-state index contributed by atoms with van der Waals surface area (Å²) in [5.74, 6) is 0.437. The molecule has 0 aromatic heterocycles. The lowest BCUT2D eigenvalue weighted by Gasteiger charge is -2.65. The number of carbonyl (C=O) groups excluding carboxylic acids is 1. The van der Waals surface area contributed by atoms with E-state index in [4.69, 9.17) is 0 Å².